The van der Waals surface area contributed by atoms with Gasteiger partial charge in [0.15, 0.2) is 11.6 Å². The summed E-state index contributed by atoms with van der Waals surface area (Å²) in [6, 6.07) is 25.2. The first kappa shape index (κ1) is 25.8. The van der Waals surface area contributed by atoms with Gasteiger partial charge in [-0.1, -0.05) is 65.2 Å². The van der Waals surface area contributed by atoms with Crippen molar-refractivity contribution in [3.8, 4) is 0 Å². The predicted molar refractivity (Wildman–Crippen MR) is 162 cm³/mol. The minimum absolute atomic E-state index is 0.255. The summed E-state index contributed by atoms with van der Waals surface area (Å²) in [7, 11) is 0. The van der Waals surface area contributed by atoms with Crippen LogP contribution in [0.25, 0.3) is 6.08 Å². The Kier molecular flexibility index (Phi) is 5.93. The molecule has 4 aromatic carbocycles. The lowest BCUT2D eigenvalue weighted by atomic mass is 9.64. The van der Waals surface area contributed by atoms with Gasteiger partial charge in [0.1, 0.15) is 11.5 Å². The average molecular weight is 579 g/mol. The lowest BCUT2D eigenvalue weighted by molar-refractivity contribution is -0.121. The Morgan fingerprint density at radius 1 is 0.829 bits per heavy atom. The van der Waals surface area contributed by atoms with E-state index in [9.17, 15) is 14.4 Å². The van der Waals surface area contributed by atoms with Gasteiger partial charge >= 0.3 is 0 Å². The molecule has 1 saturated heterocycles. The van der Waals surface area contributed by atoms with E-state index in [-0.39, 0.29) is 17.5 Å². The van der Waals surface area contributed by atoms with Crippen LogP contribution in [-0.4, -0.2) is 29.6 Å². The Morgan fingerprint density at radius 2 is 1.46 bits per heavy atom. The van der Waals surface area contributed by atoms with E-state index >= 15 is 0 Å². The van der Waals surface area contributed by atoms with Crippen LogP contribution in [0.5, 0.6) is 0 Å². The van der Waals surface area contributed by atoms with Crippen LogP contribution in [0.3, 0.4) is 0 Å². The SMILES string of the molecule is Cc1ccc2c(c1)C=C[C@@H]1N2[C@H](C(=O)c2ccc(Cl)cc2)[C@H](C(=O)c2ccc(Cl)cc2)[C@]12C(=O)Nc1ccccc12. The van der Waals surface area contributed by atoms with Crippen molar-refractivity contribution in [1.82, 2.24) is 0 Å². The van der Waals surface area contributed by atoms with E-state index in [4.69, 9.17) is 23.2 Å². The van der Waals surface area contributed by atoms with E-state index in [0.717, 1.165) is 16.8 Å². The molecular weight excluding hydrogens is 555 g/mol. The summed E-state index contributed by atoms with van der Waals surface area (Å²) in [6.07, 6.45) is 3.97. The molecule has 4 atom stereocenters. The third-order valence-corrected chi connectivity index (χ3v) is 9.10. The van der Waals surface area contributed by atoms with Crippen LogP contribution in [-0.2, 0) is 10.2 Å². The Morgan fingerprint density at radius 3 is 2.15 bits per heavy atom. The molecule has 0 radical (unpaired) electrons. The van der Waals surface area contributed by atoms with Crippen molar-refractivity contribution >= 4 is 58.1 Å². The van der Waals surface area contributed by atoms with Gasteiger partial charge < -0.3 is 10.2 Å². The highest BCUT2D eigenvalue weighted by Gasteiger charge is 2.70. The van der Waals surface area contributed by atoms with Crippen LogP contribution in [0, 0.1) is 12.8 Å². The topological polar surface area (TPSA) is 66.5 Å². The first-order valence-electron chi connectivity index (χ1n) is 13.4. The molecule has 0 unspecified atom stereocenters. The molecule has 202 valence electrons. The van der Waals surface area contributed by atoms with Crippen LogP contribution < -0.4 is 10.2 Å². The number of hydrogen-bond acceptors (Lipinski definition) is 4. The quantitative estimate of drug-likeness (QED) is 0.261. The summed E-state index contributed by atoms with van der Waals surface area (Å²) >= 11 is 12.3. The smallest absolute Gasteiger partial charge is 0.238 e. The van der Waals surface area contributed by atoms with E-state index in [1.54, 1.807) is 48.5 Å². The zero-order chi connectivity index (χ0) is 28.5. The van der Waals surface area contributed by atoms with Gasteiger partial charge in [-0.3, -0.25) is 14.4 Å². The predicted octanol–water partition coefficient (Wildman–Crippen LogP) is 7.16. The van der Waals surface area contributed by atoms with Crippen molar-refractivity contribution in [2.24, 2.45) is 5.92 Å². The number of aryl methyl sites for hydroxylation is 1. The number of rotatable bonds is 4. The van der Waals surface area contributed by atoms with Crippen LogP contribution in [0.2, 0.25) is 10.0 Å². The fraction of sp³-hybridized carbons (Fsp3) is 0.147. The number of Topliss-reactive ketones (excluding diaryl/α,β-unsaturated/α-hetero) is 2. The molecule has 1 amide bonds. The standard InChI is InChI=1S/C34H24Cl2N2O3/c1-19-6-16-27-22(18-19)11-17-28-34(25-4-2-3-5-26(25)37-33(34)41)29(31(39)20-7-12-23(35)13-8-20)30(38(27)28)32(40)21-9-14-24(36)15-10-21/h2-18,28-30H,1H3,(H,37,41)/t28-,29+,30-,34+/m0/s1. The van der Waals surface area contributed by atoms with Crippen LogP contribution in [0.15, 0.2) is 97.1 Å². The third-order valence-electron chi connectivity index (χ3n) is 8.60. The van der Waals surface area contributed by atoms with Gasteiger partial charge in [-0.2, -0.15) is 0 Å². The molecule has 0 aliphatic carbocycles. The summed E-state index contributed by atoms with van der Waals surface area (Å²) in [6.45, 7) is 2.01. The molecule has 0 bridgehead atoms. The molecule has 3 heterocycles. The van der Waals surface area contributed by atoms with Crippen LogP contribution >= 0.6 is 23.2 Å². The molecule has 7 rings (SSSR count). The zero-order valence-corrected chi connectivity index (χ0v) is 23.5. The number of hydrogen-bond donors (Lipinski definition) is 1. The maximum absolute atomic E-state index is 14.7. The highest BCUT2D eigenvalue weighted by Crippen LogP contribution is 2.58. The van der Waals surface area contributed by atoms with E-state index in [1.165, 1.54) is 0 Å². The number of ketones is 2. The third kappa shape index (κ3) is 3.73. The first-order chi connectivity index (χ1) is 19.8. The minimum atomic E-state index is -1.36. The fourth-order valence-electron chi connectivity index (χ4n) is 6.88. The maximum Gasteiger partial charge on any atom is 0.238 e. The van der Waals surface area contributed by atoms with Crippen molar-refractivity contribution in [2.45, 2.75) is 24.4 Å². The molecule has 4 aromatic rings. The van der Waals surface area contributed by atoms with E-state index < -0.39 is 23.4 Å². The van der Waals surface area contributed by atoms with Crippen molar-refractivity contribution in [2.75, 3.05) is 10.2 Å². The minimum Gasteiger partial charge on any atom is -0.352 e. The maximum atomic E-state index is 14.7. The van der Waals surface area contributed by atoms with E-state index in [0.29, 0.717) is 32.4 Å². The summed E-state index contributed by atoms with van der Waals surface area (Å²) in [5.41, 5.74) is 3.60. The number of carbonyl (C=O) groups is 3. The number of fused-ring (bicyclic) bond motifs is 6. The average Bonchev–Trinajstić information content (AvgIpc) is 3.45. The molecule has 3 aliphatic rings. The van der Waals surface area contributed by atoms with Crippen molar-refractivity contribution in [3.63, 3.8) is 0 Å². The van der Waals surface area contributed by atoms with Gasteiger partial charge in [0.05, 0.1) is 12.0 Å². The second-order valence-corrected chi connectivity index (χ2v) is 11.7. The number of carbonyl (C=O) groups excluding carboxylic acids is 3. The number of benzene rings is 4. The van der Waals surface area contributed by atoms with Gasteiger partial charge in [0.2, 0.25) is 5.91 Å². The molecule has 1 N–H and O–H groups in total. The van der Waals surface area contributed by atoms with Gasteiger partial charge in [0, 0.05) is 32.5 Å². The highest BCUT2D eigenvalue weighted by atomic mass is 35.5. The van der Waals surface area contributed by atoms with Gasteiger partial charge in [-0.05, 0) is 84.8 Å². The molecule has 3 aliphatic heterocycles. The number of nitrogens with one attached hydrogen (secondary N) is 1. The second kappa shape index (κ2) is 9.44. The largest absolute Gasteiger partial charge is 0.352 e. The van der Waals surface area contributed by atoms with E-state index in [1.807, 2.05) is 60.4 Å². The van der Waals surface area contributed by atoms with Gasteiger partial charge in [-0.15, -0.1) is 0 Å². The first-order valence-corrected chi connectivity index (χ1v) is 14.1. The molecule has 0 aromatic heterocycles. The van der Waals surface area contributed by atoms with Crippen molar-refractivity contribution < 1.29 is 14.4 Å². The number of para-hydroxylation sites is 1. The summed E-state index contributed by atoms with van der Waals surface area (Å²) in [5, 5.41) is 4.04. The molecule has 1 spiro atoms. The molecular formula is C34H24Cl2N2O3. The summed E-state index contributed by atoms with van der Waals surface area (Å²) in [4.78, 5) is 45.7. The Bertz CT molecular complexity index is 1780. The second-order valence-electron chi connectivity index (χ2n) is 10.8. The van der Waals surface area contributed by atoms with Crippen LogP contribution in [0.1, 0.15) is 37.4 Å². The van der Waals surface area contributed by atoms with Crippen molar-refractivity contribution in [3.05, 3.63) is 135 Å². The van der Waals surface area contributed by atoms with Crippen molar-refractivity contribution in [1.29, 1.82) is 0 Å². The van der Waals surface area contributed by atoms with Crippen LogP contribution in [0.4, 0.5) is 11.4 Å². The highest BCUT2D eigenvalue weighted by molar-refractivity contribution is 6.31. The number of nitrogens with zero attached hydrogens (tertiary/aromatic N) is 1. The molecule has 5 nitrogen and oxygen atoms in total. The monoisotopic (exact) mass is 578 g/mol. The van der Waals surface area contributed by atoms with E-state index in [2.05, 4.69) is 11.4 Å². The number of anilines is 2. The number of amides is 1. The molecule has 1 fully saturated rings. The summed E-state index contributed by atoms with van der Waals surface area (Å²) in [5.74, 6) is -1.89. The fourth-order valence-corrected chi connectivity index (χ4v) is 7.13. The Hall–Kier alpha value is -4.19. The molecule has 0 saturated carbocycles. The molecule has 7 heteroatoms. The van der Waals surface area contributed by atoms with Gasteiger partial charge in [-0.25, -0.2) is 0 Å². The lowest BCUT2D eigenvalue weighted by Crippen LogP contribution is -2.51. The Labute approximate surface area is 247 Å². The zero-order valence-electron chi connectivity index (χ0n) is 22.0. The molecule has 41 heavy (non-hydrogen) atoms. The summed E-state index contributed by atoms with van der Waals surface area (Å²) < 4.78 is 0. The number of halogens is 2. The normalized spacial score (nSPS) is 23.6. The Balaban J connectivity index is 1.53. The van der Waals surface area contributed by atoms with Gasteiger partial charge in [0.25, 0.3) is 0 Å². The lowest BCUT2D eigenvalue weighted by Gasteiger charge is -2.37.